The van der Waals surface area contributed by atoms with Gasteiger partial charge in [0, 0.05) is 24.2 Å². The van der Waals surface area contributed by atoms with E-state index >= 15 is 0 Å². The molecule has 2 N–H and O–H groups in total. The number of benzene rings is 4. The van der Waals surface area contributed by atoms with Crippen LogP contribution in [0.25, 0.3) is 44.8 Å². The molecule has 0 atom stereocenters. The molecule has 304 valence electrons. The minimum atomic E-state index is -3.64. The summed E-state index contributed by atoms with van der Waals surface area (Å²) in [5, 5.41) is 0.323. The zero-order valence-corrected chi connectivity index (χ0v) is 35.0. The number of hydrogen-bond acceptors (Lipinski definition) is 10. The molecule has 4 aromatic rings. The van der Waals surface area contributed by atoms with Crippen molar-refractivity contribution in [2.24, 2.45) is 0 Å². The maximum atomic E-state index is 13.3. The summed E-state index contributed by atoms with van der Waals surface area (Å²) < 4.78 is 56.8. The first-order valence-corrected chi connectivity index (χ1v) is 22.7. The summed E-state index contributed by atoms with van der Waals surface area (Å²) in [4.78, 5) is 39.9. The van der Waals surface area contributed by atoms with E-state index in [0.717, 1.165) is 74.4 Å². The van der Waals surface area contributed by atoms with E-state index in [1.165, 1.54) is 0 Å². The quantitative estimate of drug-likeness (QED) is 0.0945. The normalized spacial score (nSPS) is 12.3. The lowest BCUT2D eigenvalue weighted by molar-refractivity contribution is 0.300. The molecule has 6 rings (SSSR count). The molecule has 0 amide bonds. The highest BCUT2D eigenvalue weighted by Crippen LogP contribution is 2.29. The molecule has 58 heavy (non-hydrogen) atoms. The van der Waals surface area contributed by atoms with E-state index in [9.17, 15) is 26.4 Å². The average Bonchev–Trinajstić information content (AvgIpc) is 3.78. The number of aromatic nitrogens is 2. The Bertz CT molecular complexity index is 2490. The number of rotatable bonds is 20. The highest BCUT2D eigenvalue weighted by molar-refractivity contribution is 7.89. The van der Waals surface area contributed by atoms with Gasteiger partial charge in [-0.15, -0.1) is 0 Å². The van der Waals surface area contributed by atoms with Crippen LogP contribution in [0.15, 0.2) is 116 Å². The van der Waals surface area contributed by atoms with Crippen LogP contribution in [0.2, 0.25) is 0 Å². The maximum absolute atomic E-state index is 13.3. The van der Waals surface area contributed by atoms with Crippen molar-refractivity contribution in [3.63, 3.8) is 0 Å². The van der Waals surface area contributed by atoms with E-state index in [-0.39, 0.29) is 31.6 Å². The molecule has 0 aliphatic carbocycles. The van der Waals surface area contributed by atoms with Crippen molar-refractivity contribution in [1.29, 1.82) is 0 Å². The van der Waals surface area contributed by atoms with Crippen LogP contribution in [0.3, 0.4) is 0 Å². The third-order valence-corrected chi connectivity index (χ3v) is 13.5. The second-order valence-corrected chi connectivity index (χ2v) is 17.6. The summed E-state index contributed by atoms with van der Waals surface area (Å²) in [5.74, 6) is 0. The fraction of sp³-hybridized carbons (Fsp3) is 0.318. The van der Waals surface area contributed by atoms with Gasteiger partial charge in [0.2, 0.25) is 20.0 Å². The smallest absolute Gasteiger partial charge is 0.280 e. The lowest BCUT2D eigenvalue weighted by atomic mass is 10.0. The minimum Gasteiger partial charge on any atom is -0.304 e. The van der Waals surface area contributed by atoms with E-state index in [4.69, 9.17) is 0 Å². The molecule has 0 unspecified atom stereocenters. The van der Waals surface area contributed by atoms with Crippen molar-refractivity contribution in [2.75, 3.05) is 52.4 Å². The van der Waals surface area contributed by atoms with Crippen molar-refractivity contribution >= 4 is 20.0 Å². The van der Waals surface area contributed by atoms with Crippen molar-refractivity contribution in [3.8, 4) is 44.8 Å². The fourth-order valence-corrected chi connectivity index (χ4v) is 9.20. The minimum absolute atomic E-state index is 0.162. The number of nitrogens with one attached hydrogen (secondary N) is 2. The third kappa shape index (κ3) is 9.66. The van der Waals surface area contributed by atoms with Crippen molar-refractivity contribution in [3.05, 3.63) is 128 Å². The van der Waals surface area contributed by atoms with E-state index in [1.807, 2.05) is 24.3 Å². The summed E-state index contributed by atoms with van der Waals surface area (Å²) in [5.41, 5.74) is 3.84. The topological polar surface area (TPSA) is 159 Å². The Morgan fingerprint density at radius 2 is 0.724 bits per heavy atom. The molecule has 0 radical (unpaired) electrons. The van der Waals surface area contributed by atoms with Gasteiger partial charge in [0.05, 0.1) is 31.6 Å². The Labute approximate surface area is 340 Å². The Morgan fingerprint density at radius 3 is 1.02 bits per heavy atom. The van der Waals surface area contributed by atoms with E-state index in [1.54, 1.807) is 72.8 Å². The van der Waals surface area contributed by atoms with Gasteiger partial charge in [0.1, 0.15) is 0 Å². The summed E-state index contributed by atoms with van der Waals surface area (Å²) >= 11 is 0. The van der Waals surface area contributed by atoms with Gasteiger partial charge in [-0.05, 0) is 98.6 Å². The Hall–Kier alpha value is -4.96. The Kier molecular flexibility index (Phi) is 13.8. The summed E-state index contributed by atoms with van der Waals surface area (Å²) in [6.45, 7) is 14.4. The molecular weight excluding hydrogens is 773 g/mol. The second kappa shape index (κ2) is 18.7. The molecule has 2 aliphatic heterocycles. The van der Waals surface area contributed by atoms with Crippen LogP contribution in [0, 0.1) is 10.4 Å². The molecule has 0 bridgehead atoms. The Morgan fingerprint density at radius 1 is 0.448 bits per heavy atom. The molecular formula is C44H50N6O6S2. The summed E-state index contributed by atoms with van der Waals surface area (Å²) in [7, 11) is -7.29. The lowest BCUT2D eigenvalue weighted by Crippen LogP contribution is -2.30. The molecule has 14 heteroatoms. The molecule has 2 aliphatic rings. The van der Waals surface area contributed by atoms with Gasteiger partial charge in [-0.3, -0.25) is 9.59 Å². The van der Waals surface area contributed by atoms with Gasteiger partial charge >= 0.3 is 0 Å². The van der Waals surface area contributed by atoms with Crippen LogP contribution in [0.5, 0.6) is 0 Å². The molecule has 0 aromatic heterocycles. The SMILES string of the molecule is CCN(CC)CCCNS(=O)(=O)c1ccc(-c2ccc(-c3nc(=O)c4c(-c5ccc(-c6ccc(S(=O)(=O)NCCCN(CC)CC)cc6)cc5)nc(=O)c3=4)cc2)cc1. The van der Waals surface area contributed by atoms with Crippen LogP contribution in [-0.2, 0) is 20.0 Å². The van der Waals surface area contributed by atoms with Gasteiger partial charge in [0.25, 0.3) is 11.1 Å². The van der Waals surface area contributed by atoms with E-state index in [2.05, 4.69) is 56.9 Å². The van der Waals surface area contributed by atoms with Crippen molar-refractivity contribution in [2.45, 2.75) is 50.3 Å². The molecule has 4 aromatic carbocycles. The molecule has 0 saturated carbocycles. The molecule has 0 spiro atoms. The predicted octanol–water partition coefficient (Wildman–Crippen LogP) is 5.49. The average molecular weight is 823 g/mol. The number of sulfonamides is 2. The molecule has 12 nitrogen and oxygen atoms in total. The summed E-state index contributed by atoms with van der Waals surface area (Å²) in [6, 6.07) is 27.7. The highest BCUT2D eigenvalue weighted by Gasteiger charge is 2.21. The maximum Gasteiger partial charge on any atom is 0.280 e. The molecule has 0 saturated heterocycles. The van der Waals surface area contributed by atoms with Crippen molar-refractivity contribution in [1.82, 2.24) is 29.2 Å². The monoisotopic (exact) mass is 822 g/mol. The van der Waals surface area contributed by atoms with Gasteiger partial charge in [-0.1, -0.05) is 100 Å². The Balaban J connectivity index is 1.14. The van der Waals surface area contributed by atoms with Gasteiger partial charge in [-0.25, -0.2) is 36.2 Å². The van der Waals surface area contributed by atoms with Gasteiger partial charge < -0.3 is 9.80 Å². The number of hydrogen-bond donors (Lipinski definition) is 2. The lowest BCUT2D eigenvalue weighted by Gasteiger charge is -2.17. The standard InChI is InChI=1S/C44H50N6O6S2/c1-5-49(6-2)29-9-27-45-57(53,54)37-23-19-33(20-24-37)31-11-15-35(16-12-31)41-39-40(44(52)47-41)42(48-43(39)51)36-17-13-32(14-18-36)34-21-25-38(26-22-34)58(55,56)46-28-10-30-50(7-3)8-4/h11-26,45-46H,5-10,27-30H2,1-4H3. The third-order valence-electron chi connectivity index (χ3n) is 10.6. The van der Waals surface area contributed by atoms with Crippen molar-refractivity contribution < 1.29 is 16.8 Å². The van der Waals surface area contributed by atoms with Crippen LogP contribution >= 0.6 is 0 Å². The first-order chi connectivity index (χ1) is 27.9. The highest BCUT2D eigenvalue weighted by atomic mass is 32.2. The molecule has 2 heterocycles. The van der Waals surface area contributed by atoms with E-state index < -0.39 is 31.2 Å². The molecule has 0 fully saturated rings. The second-order valence-electron chi connectivity index (χ2n) is 14.0. The zero-order valence-electron chi connectivity index (χ0n) is 33.4. The fourth-order valence-electron chi connectivity index (χ4n) is 7.06. The van der Waals surface area contributed by atoms with Crippen LogP contribution in [0.4, 0.5) is 0 Å². The zero-order chi connectivity index (χ0) is 41.5. The van der Waals surface area contributed by atoms with Crippen LogP contribution < -0.4 is 20.6 Å². The van der Waals surface area contributed by atoms with Crippen LogP contribution in [-0.4, -0.2) is 89.0 Å². The predicted molar refractivity (Wildman–Crippen MR) is 229 cm³/mol. The number of nitrogens with zero attached hydrogens (tertiary/aromatic N) is 4. The first-order valence-electron chi connectivity index (χ1n) is 19.8. The largest absolute Gasteiger partial charge is 0.304 e. The van der Waals surface area contributed by atoms with E-state index in [0.29, 0.717) is 24.2 Å². The summed E-state index contributed by atoms with van der Waals surface area (Å²) in [6.07, 6.45) is 1.44. The van der Waals surface area contributed by atoms with Gasteiger partial charge in [0.15, 0.2) is 0 Å². The first kappa shape index (κ1) is 42.6. The van der Waals surface area contributed by atoms with Crippen LogP contribution in [0.1, 0.15) is 40.5 Å². The van der Waals surface area contributed by atoms with Gasteiger partial charge in [-0.2, -0.15) is 0 Å².